The minimum Gasteiger partial charge on any atom is -0.348 e. The lowest BCUT2D eigenvalue weighted by Gasteiger charge is -2.14. The number of rotatable bonds is 7. The van der Waals surface area contributed by atoms with Crippen LogP contribution in [0.5, 0.6) is 0 Å². The maximum absolute atomic E-state index is 5.83. The molecule has 1 aliphatic rings. The van der Waals surface area contributed by atoms with Gasteiger partial charge in [-0.3, -0.25) is 0 Å². The molecular formula is C17H26O2. The number of hydrogen-bond donors (Lipinski definition) is 0. The summed E-state index contributed by atoms with van der Waals surface area (Å²) in [5.74, 6) is 0. The maximum atomic E-state index is 5.83. The molecule has 2 nitrogen and oxygen atoms in total. The van der Waals surface area contributed by atoms with E-state index in [-0.39, 0.29) is 6.29 Å². The largest absolute Gasteiger partial charge is 0.348 e. The van der Waals surface area contributed by atoms with Gasteiger partial charge in [0.25, 0.3) is 0 Å². The predicted octanol–water partition coefficient (Wildman–Crippen LogP) is 4.81. The van der Waals surface area contributed by atoms with Gasteiger partial charge in [0.05, 0.1) is 13.2 Å². The van der Waals surface area contributed by atoms with Crippen LogP contribution in [-0.4, -0.2) is 6.29 Å². The summed E-state index contributed by atoms with van der Waals surface area (Å²) < 4.78 is 11.7. The Labute approximate surface area is 117 Å². The molecular weight excluding hydrogens is 236 g/mol. The molecule has 0 aliphatic carbocycles. The normalized spacial score (nSPS) is 16.1. The Morgan fingerprint density at radius 2 is 1.47 bits per heavy atom. The Kier molecular flexibility index (Phi) is 6.38. The zero-order chi connectivity index (χ0) is 13.3. The second kappa shape index (κ2) is 8.34. The molecule has 0 saturated heterocycles. The Morgan fingerprint density at radius 1 is 0.895 bits per heavy atom. The first kappa shape index (κ1) is 14.5. The van der Waals surface area contributed by atoms with Gasteiger partial charge in [-0.2, -0.15) is 0 Å². The lowest BCUT2D eigenvalue weighted by molar-refractivity contribution is -0.152. The Bertz CT molecular complexity index is 335. The molecule has 0 N–H and O–H groups in total. The molecule has 0 fully saturated rings. The fraction of sp³-hybridized carbons (Fsp3) is 0.647. The van der Waals surface area contributed by atoms with E-state index in [2.05, 4.69) is 31.2 Å². The summed E-state index contributed by atoms with van der Waals surface area (Å²) in [7, 11) is 0. The van der Waals surface area contributed by atoms with Crippen molar-refractivity contribution in [3.63, 3.8) is 0 Å². The predicted molar refractivity (Wildman–Crippen MR) is 77.8 cm³/mol. The molecule has 1 aliphatic heterocycles. The average Bonchev–Trinajstić information content (AvgIpc) is 2.65. The van der Waals surface area contributed by atoms with Crippen LogP contribution >= 0.6 is 0 Å². The van der Waals surface area contributed by atoms with Crippen molar-refractivity contribution in [2.24, 2.45) is 0 Å². The van der Waals surface area contributed by atoms with Gasteiger partial charge < -0.3 is 9.47 Å². The van der Waals surface area contributed by atoms with Crippen molar-refractivity contribution in [1.82, 2.24) is 0 Å². The molecule has 2 rings (SSSR count). The first-order chi connectivity index (χ1) is 9.40. The van der Waals surface area contributed by atoms with E-state index in [9.17, 15) is 0 Å². The van der Waals surface area contributed by atoms with Gasteiger partial charge in [-0.1, -0.05) is 63.3 Å². The molecule has 1 aromatic rings. The number of ether oxygens (including phenoxy) is 2. The van der Waals surface area contributed by atoms with Gasteiger partial charge in [0.1, 0.15) is 0 Å². The van der Waals surface area contributed by atoms with Gasteiger partial charge >= 0.3 is 0 Å². The summed E-state index contributed by atoms with van der Waals surface area (Å²) in [5, 5.41) is 0. The number of benzene rings is 1. The van der Waals surface area contributed by atoms with Crippen LogP contribution < -0.4 is 0 Å². The molecule has 0 spiro atoms. The fourth-order valence-corrected chi connectivity index (χ4v) is 2.51. The van der Waals surface area contributed by atoms with Crippen molar-refractivity contribution in [2.75, 3.05) is 0 Å². The fourth-order valence-electron chi connectivity index (χ4n) is 2.51. The van der Waals surface area contributed by atoms with Crippen molar-refractivity contribution in [1.29, 1.82) is 0 Å². The van der Waals surface area contributed by atoms with E-state index < -0.39 is 0 Å². The molecule has 19 heavy (non-hydrogen) atoms. The zero-order valence-corrected chi connectivity index (χ0v) is 12.1. The number of unbranched alkanes of at least 4 members (excludes halogenated alkanes) is 5. The van der Waals surface area contributed by atoms with Crippen molar-refractivity contribution < 1.29 is 9.47 Å². The highest BCUT2D eigenvalue weighted by Gasteiger charge is 2.15. The first-order valence-electron chi connectivity index (χ1n) is 7.70. The quantitative estimate of drug-likeness (QED) is 0.656. The van der Waals surface area contributed by atoms with E-state index in [0.29, 0.717) is 13.2 Å². The molecule has 106 valence electrons. The van der Waals surface area contributed by atoms with Crippen molar-refractivity contribution in [3.8, 4) is 0 Å². The third-order valence-corrected chi connectivity index (χ3v) is 3.76. The second-order valence-corrected chi connectivity index (χ2v) is 5.38. The molecule has 2 heteroatoms. The van der Waals surface area contributed by atoms with Gasteiger partial charge in [-0.05, 0) is 24.0 Å². The van der Waals surface area contributed by atoms with Gasteiger partial charge in [-0.25, -0.2) is 0 Å². The molecule has 1 heterocycles. The van der Waals surface area contributed by atoms with Crippen LogP contribution in [0.25, 0.3) is 0 Å². The third-order valence-electron chi connectivity index (χ3n) is 3.76. The third kappa shape index (κ3) is 4.96. The van der Waals surface area contributed by atoms with E-state index in [1.807, 2.05) is 0 Å². The SMILES string of the molecule is CCCCCCCCC1OCc2ccccc2CO1. The molecule has 0 saturated carbocycles. The maximum Gasteiger partial charge on any atom is 0.158 e. The molecule has 0 bridgehead atoms. The second-order valence-electron chi connectivity index (χ2n) is 5.38. The van der Waals surface area contributed by atoms with Crippen molar-refractivity contribution in [2.45, 2.75) is 71.4 Å². The molecule has 0 radical (unpaired) electrons. The Hall–Kier alpha value is -0.860. The van der Waals surface area contributed by atoms with E-state index >= 15 is 0 Å². The standard InChI is InChI=1S/C17H26O2/c1-2-3-4-5-6-7-12-17-18-13-15-10-8-9-11-16(15)14-19-17/h8-11,17H,2-7,12-14H2,1H3. The van der Waals surface area contributed by atoms with E-state index in [0.717, 1.165) is 6.42 Å². The minimum absolute atomic E-state index is 0.0152. The van der Waals surface area contributed by atoms with E-state index in [1.165, 1.54) is 49.7 Å². The first-order valence-corrected chi connectivity index (χ1v) is 7.70. The lowest BCUT2D eigenvalue weighted by atomic mass is 10.1. The van der Waals surface area contributed by atoms with Crippen LogP contribution in [0, 0.1) is 0 Å². The summed E-state index contributed by atoms with van der Waals surface area (Å²) in [5.41, 5.74) is 2.54. The van der Waals surface area contributed by atoms with Gasteiger partial charge in [0.15, 0.2) is 6.29 Å². The average molecular weight is 262 g/mol. The minimum atomic E-state index is -0.0152. The highest BCUT2D eigenvalue weighted by molar-refractivity contribution is 5.26. The Balaban J connectivity index is 1.65. The molecule has 0 amide bonds. The molecule has 0 unspecified atom stereocenters. The highest BCUT2D eigenvalue weighted by atomic mass is 16.7. The molecule has 0 aromatic heterocycles. The molecule has 0 atom stereocenters. The monoisotopic (exact) mass is 262 g/mol. The van der Waals surface area contributed by atoms with Crippen LogP contribution in [0.3, 0.4) is 0 Å². The van der Waals surface area contributed by atoms with Crippen LogP contribution in [0.1, 0.15) is 63.0 Å². The summed E-state index contributed by atoms with van der Waals surface area (Å²) in [6, 6.07) is 8.39. The smallest absolute Gasteiger partial charge is 0.158 e. The van der Waals surface area contributed by atoms with Crippen LogP contribution in [0.4, 0.5) is 0 Å². The summed E-state index contributed by atoms with van der Waals surface area (Å²) in [6.07, 6.45) is 8.92. The number of fused-ring (bicyclic) bond motifs is 1. The van der Waals surface area contributed by atoms with Crippen molar-refractivity contribution >= 4 is 0 Å². The Morgan fingerprint density at radius 3 is 2.11 bits per heavy atom. The van der Waals surface area contributed by atoms with Crippen LogP contribution in [-0.2, 0) is 22.7 Å². The topological polar surface area (TPSA) is 18.5 Å². The molecule has 1 aromatic carbocycles. The number of hydrogen-bond acceptors (Lipinski definition) is 2. The van der Waals surface area contributed by atoms with Gasteiger partial charge in [0, 0.05) is 0 Å². The van der Waals surface area contributed by atoms with Crippen molar-refractivity contribution in [3.05, 3.63) is 35.4 Å². The van der Waals surface area contributed by atoms with Crippen LogP contribution in [0.15, 0.2) is 24.3 Å². The van der Waals surface area contributed by atoms with Gasteiger partial charge in [0.2, 0.25) is 0 Å². The van der Waals surface area contributed by atoms with E-state index in [1.54, 1.807) is 0 Å². The summed E-state index contributed by atoms with van der Waals surface area (Å²) in [4.78, 5) is 0. The summed E-state index contributed by atoms with van der Waals surface area (Å²) in [6.45, 7) is 3.64. The van der Waals surface area contributed by atoms with E-state index in [4.69, 9.17) is 9.47 Å². The summed E-state index contributed by atoms with van der Waals surface area (Å²) >= 11 is 0. The van der Waals surface area contributed by atoms with Gasteiger partial charge in [-0.15, -0.1) is 0 Å². The zero-order valence-electron chi connectivity index (χ0n) is 12.1. The van der Waals surface area contributed by atoms with Crippen LogP contribution in [0.2, 0.25) is 0 Å². The highest BCUT2D eigenvalue weighted by Crippen LogP contribution is 2.21. The lowest BCUT2D eigenvalue weighted by Crippen LogP contribution is -2.14.